The summed E-state index contributed by atoms with van der Waals surface area (Å²) in [6, 6.07) is 0. The Morgan fingerprint density at radius 3 is 2.43 bits per heavy atom. The third-order valence-corrected chi connectivity index (χ3v) is 0.726. The van der Waals surface area contributed by atoms with Gasteiger partial charge in [-0.05, 0) is 0 Å². The second-order valence-corrected chi connectivity index (χ2v) is 1.51. The molecule has 1 heterocycles. The predicted molar refractivity (Wildman–Crippen MR) is 24.2 cm³/mol. The number of nitrogens with zero attached hydrogens (tertiary/aromatic N) is 1. The van der Waals surface area contributed by atoms with Crippen LogP contribution in [0.3, 0.4) is 0 Å². The van der Waals surface area contributed by atoms with Gasteiger partial charge in [-0.25, -0.2) is 5.23 Å². The average molecular weight is 103 g/mol. The second-order valence-electron chi connectivity index (χ2n) is 1.51. The second kappa shape index (κ2) is 1.73. The molecule has 1 unspecified atom stereocenters. The molecular formula is C2H9N5. The van der Waals surface area contributed by atoms with E-state index in [0.29, 0.717) is 0 Å². The van der Waals surface area contributed by atoms with Gasteiger partial charge in [-0.1, -0.05) is 5.53 Å². The van der Waals surface area contributed by atoms with E-state index < -0.39 is 0 Å². The van der Waals surface area contributed by atoms with Crippen LogP contribution in [0, 0.1) is 0 Å². The lowest BCUT2D eigenvalue weighted by Gasteiger charge is -2.13. The van der Waals surface area contributed by atoms with Crippen LogP contribution in [0.5, 0.6) is 0 Å². The average Bonchev–Trinajstić information content (AvgIpc) is 2.17. The number of hydrazine groups is 1. The SMILES string of the molecule is [NH-][NH+](N)NN1CC1. The van der Waals surface area contributed by atoms with Crippen LogP contribution in [0.25, 0.3) is 5.84 Å². The smallest absolute Gasteiger partial charge is 0.0324 e. The molecule has 1 aliphatic rings. The molecule has 1 fully saturated rings. The van der Waals surface area contributed by atoms with Gasteiger partial charge < -0.3 is 5.84 Å². The highest BCUT2D eigenvalue weighted by molar-refractivity contribution is 4.62. The number of hydrogen-bond donors (Lipinski definition) is 3. The van der Waals surface area contributed by atoms with Crippen molar-refractivity contribution in [2.24, 2.45) is 5.84 Å². The number of nitrogens with two attached hydrogens (primary N) is 1. The summed E-state index contributed by atoms with van der Waals surface area (Å²) >= 11 is 0. The molecule has 0 saturated carbocycles. The maximum Gasteiger partial charge on any atom is 0.0324 e. The van der Waals surface area contributed by atoms with Crippen molar-refractivity contribution in [2.45, 2.75) is 0 Å². The van der Waals surface area contributed by atoms with Crippen molar-refractivity contribution in [3.63, 3.8) is 0 Å². The monoisotopic (exact) mass is 103 g/mol. The molecule has 1 rings (SSSR count). The van der Waals surface area contributed by atoms with E-state index >= 15 is 0 Å². The molecule has 5 N–H and O–H groups in total. The number of quaternary nitrogens is 1. The van der Waals surface area contributed by atoms with Crippen molar-refractivity contribution in [3.8, 4) is 0 Å². The molecular weight excluding hydrogens is 94.1 g/mol. The lowest BCUT2D eigenvalue weighted by Crippen LogP contribution is -3.19. The van der Waals surface area contributed by atoms with Gasteiger partial charge in [-0.2, -0.15) is 10.9 Å². The lowest BCUT2D eigenvalue weighted by molar-refractivity contribution is -0.922. The normalized spacial score (nSPS) is 24.9. The molecule has 5 heteroatoms. The Bertz CT molecular complexity index is 57.1. The topological polar surface area (TPSA) is 69.3 Å². The molecule has 1 saturated heterocycles. The first-order chi connectivity index (χ1) is 3.29. The largest absolute Gasteiger partial charge is 0.426 e. The van der Waals surface area contributed by atoms with Crippen LogP contribution in [-0.2, 0) is 0 Å². The van der Waals surface area contributed by atoms with E-state index in [4.69, 9.17) is 11.7 Å². The van der Waals surface area contributed by atoms with E-state index in [1.807, 2.05) is 5.01 Å². The first-order valence-corrected chi connectivity index (χ1v) is 2.14. The fourth-order valence-corrected chi connectivity index (χ4v) is 0.332. The minimum absolute atomic E-state index is 0.0255. The summed E-state index contributed by atoms with van der Waals surface area (Å²) in [5.74, 6) is 11.7. The van der Waals surface area contributed by atoms with Crippen molar-refractivity contribution < 1.29 is 5.23 Å². The Balaban J connectivity index is 1.97. The lowest BCUT2D eigenvalue weighted by atomic mass is 11.0. The minimum Gasteiger partial charge on any atom is -0.426 e. The molecule has 0 aliphatic carbocycles. The van der Waals surface area contributed by atoms with Crippen LogP contribution >= 0.6 is 0 Å². The van der Waals surface area contributed by atoms with Gasteiger partial charge in [0.2, 0.25) is 0 Å². The molecule has 42 valence electrons. The third-order valence-electron chi connectivity index (χ3n) is 0.726. The summed E-state index contributed by atoms with van der Waals surface area (Å²) < 4.78 is 0. The van der Waals surface area contributed by atoms with Gasteiger partial charge in [0.15, 0.2) is 0 Å². The number of nitrogens with one attached hydrogen (secondary N) is 3. The first-order valence-electron chi connectivity index (χ1n) is 2.14. The number of hydrogen-bond acceptors (Lipinski definition) is 3. The Labute approximate surface area is 41.7 Å². The molecule has 1 aliphatic heterocycles. The molecule has 0 aromatic rings. The van der Waals surface area contributed by atoms with Gasteiger partial charge in [0.05, 0.1) is 0 Å². The standard InChI is InChI=1S/C2H9N5/c3-7(4)5-6-1-2-6/h3,5,7H,1-2,4H2. The summed E-state index contributed by atoms with van der Waals surface area (Å²) in [7, 11) is 0. The summed E-state index contributed by atoms with van der Waals surface area (Å²) in [4.78, 5) is 0. The zero-order valence-electron chi connectivity index (χ0n) is 3.94. The van der Waals surface area contributed by atoms with Crippen molar-refractivity contribution in [3.05, 3.63) is 5.84 Å². The van der Waals surface area contributed by atoms with Crippen LogP contribution < -0.4 is 16.6 Å². The molecule has 1 atom stereocenters. The highest BCUT2D eigenvalue weighted by Crippen LogP contribution is 1.91. The quantitative estimate of drug-likeness (QED) is 0.205. The van der Waals surface area contributed by atoms with Crippen LogP contribution in [-0.4, -0.2) is 18.1 Å². The van der Waals surface area contributed by atoms with E-state index in [0.717, 1.165) is 13.1 Å². The van der Waals surface area contributed by atoms with E-state index in [-0.39, 0.29) is 5.23 Å². The molecule has 5 nitrogen and oxygen atoms in total. The molecule has 0 amide bonds. The number of rotatable bonds is 2. The first kappa shape index (κ1) is 4.95. The van der Waals surface area contributed by atoms with E-state index in [9.17, 15) is 0 Å². The van der Waals surface area contributed by atoms with Gasteiger partial charge in [0.25, 0.3) is 0 Å². The summed E-state index contributed by atoms with van der Waals surface area (Å²) in [5, 5.41) is 1.88. The van der Waals surface area contributed by atoms with Gasteiger partial charge in [-0.3, -0.25) is 0 Å². The van der Waals surface area contributed by atoms with Gasteiger partial charge in [-0.15, -0.1) is 0 Å². The van der Waals surface area contributed by atoms with Crippen molar-refractivity contribution in [2.75, 3.05) is 13.1 Å². The van der Waals surface area contributed by atoms with Crippen LogP contribution in [0.2, 0.25) is 0 Å². The summed E-state index contributed by atoms with van der Waals surface area (Å²) in [6.07, 6.45) is 0. The zero-order valence-corrected chi connectivity index (χ0v) is 3.94. The molecule has 7 heavy (non-hydrogen) atoms. The van der Waals surface area contributed by atoms with E-state index in [1.165, 1.54) is 0 Å². The Morgan fingerprint density at radius 2 is 2.29 bits per heavy atom. The Kier molecular flexibility index (Phi) is 1.22. The third kappa shape index (κ3) is 1.81. The maximum absolute atomic E-state index is 6.69. The Hall–Kier alpha value is -0.200. The van der Waals surface area contributed by atoms with Crippen molar-refractivity contribution in [1.82, 2.24) is 10.5 Å². The molecule has 0 bridgehead atoms. The van der Waals surface area contributed by atoms with Gasteiger partial charge in [0.1, 0.15) is 0 Å². The van der Waals surface area contributed by atoms with E-state index in [1.54, 1.807) is 0 Å². The highest BCUT2D eigenvalue weighted by atomic mass is 15.9. The summed E-state index contributed by atoms with van der Waals surface area (Å²) in [5.41, 5.74) is 2.61. The zero-order chi connectivity index (χ0) is 5.28. The molecule has 0 spiro atoms. The van der Waals surface area contributed by atoms with E-state index in [2.05, 4.69) is 5.53 Å². The van der Waals surface area contributed by atoms with Crippen LogP contribution in [0.4, 0.5) is 0 Å². The molecule has 0 aromatic heterocycles. The maximum atomic E-state index is 6.69. The summed E-state index contributed by atoms with van der Waals surface area (Å²) in [6.45, 7) is 2.03. The fourth-order valence-electron chi connectivity index (χ4n) is 0.332. The van der Waals surface area contributed by atoms with Crippen LogP contribution in [0.1, 0.15) is 0 Å². The molecule has 0 radical (unpaired) electrons. The van der Waals surface area contributed by atoms with Crippen molar-refractivity contribution in [1.29, 1.82) is 0 Å². The molecule has 0 aromatic carbocycles. The minimum atomic E-state index is 0.0255. The highest BCUT2D eigenvalue weighted by Gasteiger charge is 2.17. The Morgan fingerprint density at radius 1 is 1.71 bits per heavy atom. The fraction of sp³-hybridized carbons (Fsp3) is 1.00. The van der Waals surface area contributed by atoms with Gasteiger partial charge in [0, 0.05) is 13.1 Å². The van der Waals surface area contributed by atoms with Crippen molar-refractivity contribution >= 4 is 0 Å². The predicted octanol–water partition coefficient (Wildman–Crippen LogP) is -2.55. The van der Waals surface area contributed by atoms with Crippen LogP contribution in [0.15, 0.2) is 0 Å². The van der Waals surface area contributed by atoms with Gasteiger partial charge >= 0.3 is 0 Å².